The molecular weight excluding hydrogens is 328 g/mol. The number of halogens is 1. The lowest BCUT2D eigenvalue weighted by Crippen LogP contribution is -2.40. The molecule has 0 saturated carbocycles. The Kier molecular flexibility index (Phi) is 6.52. The molecule has 0 aliphatic carbocycles. The molecule has 1 aliphatic heterocycles. The summed E-state index contributed by atoms with van der Waals surface area (Å²) in [6.07, 6.45) is 4.67. The van der Waals surface area contributed by atoms with E-state index < -0.39 is 0 Å². The second kappa shape index (κ2) is 8.16. The van der Waals surface area contributed by atoms with Crippen molar-refractivity contribution in [3.05, 3.63) is 28.2 Å². The lowest BCUT2D eigenvalue weighted by Gasteiger charge is -2.35. The highest BCUT2D eigenvalue weighted by Crippen LogP contribution is 2.29. The minimum Gasteiger partial charge on any atom is -0.377 e. The summed E-state index contributed by atoms with van der Waals surface area (Å²) in [6.45, 7) is 7.11. The number of ether oxygens (including phenoxy) is 1. The average Bonchev–Trinajstić information content (AvgIpc) is 2.49. The Balaban J connectivity index is 2.18. The van der Waals surface area contributed by atoms with E-state index in [1.807, 2.05) is 0 Å². The van der Waals surface area contributed by atoms with Crippen molar-refractivity contribution >= 4 is 21.6 Å². The van der Waals surface area contributed by atoms with E-state index in [0.717, 1.165) is 37.0 Å². The van der Waals surface area contributed by atoms with Crippen LogP contribution in [0.15, 0.2) is 22.7 Å². The molecule has 118 valence electrons. The molecule has 2 N–H and O–H groups in total. The molecule has 0 spiro atoms. The fourth-order valence-corrected chi connectivity index (χ4v) is 3.31. The molecule has 1 aliphatic rings. The number of hydrogen-bond donors (Lipinski definition) is 1. The van der Waals surface area contributed by atoms with Crippen LogP contribution >= 0.6 is 15.9 Å². The third kappa shape index (κ3) is 4.70. The van der Waals surface area contributed by atoms with Gasteiger partial charge in [-0.05, 0) is 50.3 Å². The van der Waals surface area contributed by atoms with Crippen LogP contribution < -0.4 is 10.6 Å². The number of nitrogens with two attached hydrogens (primary N) is 1. The van der Waals surface area contributed by atoms with Crippen molar-refractivity contribution in [2.75, 3.05) is 24.6 Å². The van der Waals surface area contributed by atoms with Crippen molar-refractivity contribution in [1.29, 1.82) is 0 Å². The molecule has 0 radical (unpaired) electrons. The molecule has 2 rings (SSSR count). The molecule has 1 aromatic carbocycles. The van der Waals surface area contributed by atoms with Gasteiger partial charge in [0.15, 0.2) is 0 Å². The topological polar surface area (TPSA) is 38.5 Å². The Morgan fingerprint density at radius 2 is 2.24 bits per heavy atom. The van der Waals surface area contributed by atoms with Gasteiger partial charge in [-0.2, -0.15) is 0 Å². The van der Waals surface area contributed by atoms with Crippen LogP contribution in [0.5, 0.6) is 0 Å². The van der Waals surface area contributed by atoms with Gasteiger partial charge in [0.2, 0.25) is 0 Å². The molecule has 3 nitrogen and oxygen atoms in total. The summed E-state index contributed by atoms with van der Waals surface area (Å²) in [5.74, 6) is 0. The molecule has 1 saturated heterocycles. The van der Waals surface area contributed by atoms with E-state index in [9.17, 15) is 0 Å². The van der Waals surface area contributed by atoms with E-state index in [1.54, 1.807) is 0 Å². The summed E-state index contributed by atoms with van der Waals surface area (Å²) >= 11 is 3.60. The largest absolute Gasteiger partial charge is 0.377 e. The Morgan fingerprint density at radius 3 is 2.95 bits per heavy atom. The third-order valence-electron chi connectivity index (χ3n) is 4.18. The fraction of sp³-hybridized carbons (Fsp3) is 0.647. The highest BCUT2D eigenvalue weighted by molar-refractivity contribution is 9.10. The number of piperidine rings is 1. The Bertz CT molecular complexity index is 450. The molecule has 0 amide bonds. The highest BCUT2D eigenvalue weighted by atomic mass is 79.9. The summed E-state index contributed by atoms with van der Waals surface area (Å²) in [6, 6.07) is 6.79. The van der Waals surface area contributed by atoms with Gasteiger partial charge in [0.1, 0.15) is 0 Å². The molecule has 4 heteroatoms. The zero-order valence-corrected chi connectivity index (χ0v) is 14.7. The van der Waals surface area contributed by atoms with Crippen LogP contribution in [0.2, 0.25) is 0 Å². The maximum absolute atomic E-state index is 6.16. The first-order valence-electron chi connectivity index (χ1n) is 8.04. The minimum absolute atomic E-state index is 0.234. The predicted molar refractivity (Wildman–Crippen MR) is 93.0 cm³/mol. The van der Waals surface area contributed by atoms with Gasteiger partial charge < -0.3 is 15.4 Å². The van der Waals surface area contributed by atoms with Crippen molar-refractivity contribution in [2.45, 2.75) is 51.7 Å². The smallest absolute Gasteiger partial charge is 0.0750 e. The van der Waals surface area contributed by atoms with Crippen LogP contribution in [0.1, 0.15) is 38.7 Å². The summed E-state index contributed by atoms with van der Waals surface area (Å²) < 4.78 is 6.96. The van der Waals surface area contributed by atoms with Crippen LogP contribution in [0.3, 0.4) is 0 Å². The number of benzene rings is 1. The molecule has 1 aromatic rings. The van der Waals surface area contributed by atoms with Crippen molar-refractivity contribution in [3.63, 3.8) is 0 Å². The molecule has 21 heavy (non-hydrogen) atoms. The maximum atomic E-state index is 6.16. The number of hydrogen-bond acceptors (Lipinski definition) is 3. The van der Waals surface area contributed by atoms with Crippen LogP contribution in [-0.2, 0) is 11.2 Å². The average molecular weight is 355 g/mol. The van der Waals surface area contributed by atoms with Crippen molar-refractivity contribution in [3.8, 4) is 0 Å². The van der Waals surface area contributed by atoms with Crippen molar-refractivity contribution < 1.29 is 4.74 Å². The molecule has 0 bridgehead atoms. The third-order valence-corrected chi connectivity index (χ3v) is 4.67. The van der Waals surface area contributed by atoms with Gasteiger partial charge in [0.05, 0.1) is 6.10 Å². The normalized spacial score (nSPS) is 20.6. The zero-order chi connectivity index (χ0) is 15.2. The predicted octanol–water partition coefficient (Wildman–Crippen LogP) is 3.73. The molecule has 2 atom stereocenters. The number of nitrogens with zero attached hydrogens (tertiary/aromatic N) is 1. The van der Waals surface area contributed by atoms with Gasteiger partial charge in [-0.3, -0.25) is 0 Å². The molecule has 0 aromatic heterocycles. The van der Waals surface area contributed by atoms with Gasteiger partial charge in [0.25, 0.3) is 0 Å². The molecule has 1 heterocycles. The van der Waals surface area contributed by atoms with Crippen LogP contribution in [0, 0.1) is 0 Å². The Hall–Kier alpha value is -0.580. The van der Waals surface area contributed by atoms with Gasteiger partial charge in [-0.15, -0.1) is 0 Å². The zero-order valence-electron chi connectivity index (χ0n) is 13.1. The van der Waals surface area contributed by atoms with Crippen molar-refractivity contribution in [2.24, 2.45) is 5.73 Å². The van der Waals surface area contributed by atoms with Crippen LogP contribution in [-0.4, -0.2) is 31.8 Å². The monoisotopic (exact) mass is 354 g/mol. The SMILES string of the molecule is CCOC1CCCN(c2cc(Br)ccc2CC(N)CC)C1. The second-order valence-corrected chi connectivity index (χ2v) is 6.73. The van der Waals surface area contributed by atoms with E-state index in [-0.39, 0.29) is 6.04 Å². The summed E-state index contributed by atoms with van der Waals surface area (Å²) in [4.78, 5) is 2.46. The van der Waals surface area contributed by atoms with Gasteiger partial charge in [0, 0.05) is 35.9 Å². The number of anilines is 1. The quantitative estimate of drug-likeness (QED) is 0.845. The maximum Gasteiger partial charge on any atom is 0.0750 e. The van der Waals surface area contributed by atoms with Crippen LogP contribution in [0.25, 0.3) is 0 Å². The number of rotatable bonds is 6. The summed E-state index contributed by atoms with van der Waals surface area (Å²) in [7, 11) is 0. The summed E-state index contributed by atoms with van der Waals surface area (Å²) in [5.41, 5.74) is 8.83. The van der Waals surface area contributed by atoms with E-state index in [2.05, 4.69) is 52.9 Å². The highest BCUT2D eigenvalue weighted by Gasteiger charge is 2.22. The van der Waals surface area contributed by atoms with E-state index >= 15 is 0 Å². The standard InChI is InChI=1S/C17H27BrN2O/c1-3-15(19)10-13-7-8-14(18)11-17(13)20-9-5-6-16(12-20)21-4-2/h7-8,11,15-16H,3-6,9-10,12,19H2,1-2H3. The lowest BCUT2D eigenvalue weighted by atomic mass is 10.00. The first kappa shape index (κ1) is 16.8. The Labute approximate surface area is 137 Å². The van der Waals surface area contributed by atoms with Crippen LogP contribution in [0.4, 0.5) is 5.69 Å². The molecule has 2 unspecified atom stereocenters. The van der Waals surface area contributed by atoms with Gasteiger partial charge >= 0.3 is 0 Å². The Morgan fingerprint density at radius 1 is 1.43 bits per heavy atom. The van der Waals surface area contributed by atoms with Gasteiger partial charge in [-0.1, -0.05) is 28.9 Å². The van der Waals surface area contributed by atoms with E-state index in [4.69, 9.17) is 10.5 Å². The minimum atomic E-state index is 0.234. The molecule has 1 fully saturated rings. The molecular formula is C17H27BrN2O. The van der Waals surface area contributed by atoms with E-state index in [1.165, 1.54) is 24.1 Å². The second-order valence-electron chi connectivity index (χ2n) is 5.81. The summed E-state index contributed by atoms with van der Waals surface area (Å²) in [5, 5.41) is 0. The first-order chi connectivity index (χ1) is 10.1. The first-order valence-corrected chi connectivity index (χ1v) is 8.83. The fourth-order valence-electron chi connectivity index (χ4n) is 2.96. The van der Waals surface area contributed by atoms with Gasteiger partial charge in [-0.25, -0.2) is 0 Å². The lowest BCUT2D eigenvalue weighted by molar-refractivity contribution is 0.0526. The van der Waals surface area contributed by atoms with Crippen molar-refractivity contribution in [1.82, 2.24) is 0 Å². The van der Waals surface area contributed by atoms with E-state index in [0.29, 0.717) is 6.10 Å².